The van der Waals surface area contributed by atoms with Gasteiger partial charge in [-0.05, 0) is 18.2 Å². The maximum Gasteiger partial charge on any atom is 0.308 e. The number of anilines is 1. The van der Waals surface area contributed by atoms with Crippen LogP contribution in [0.2, 0.25) is 0 Å². The molecule has 1 fully saturated rings. The first kappa shape index (κ1) is 21.7. The van der Waals surface area contributed by atoms with E-state index in [9.17, 15) is 18.0 Å². The van der Waals surface area contributed by atoms with Crippen molar-refractivity contribution in [2.45, 2.75) is 11.3 Å². The fourth-order valence-electron chi connectivity index (χ4n) is 2.89. The van der Waals surface area contributed by atoms with Crippen LogP contribution in [0.15, 0.2) is 53.7 Å². The Bertz CT molecular complexity index is 948. The van der Waals surface area contributed by atoms with Gasteiger partial charge in [0, 0.05) is 45.1 Å². The molecule has 1 aliphatic heterocycles. The lowest BCUT2D eigenvalue weighted by Crippen LogP contribution is -2.51. The zero-order valence-corrected chi connectivity index (χ0v) is 17.1. The Balaban J connectivity index is 1.38. The van der Waals surface area contributed by atoms with Crippen molar-refractivity contribution in [3.8, 4) is 0 Å². The van der Waals surface area contributed by atoms with Crippen molar-refractivity contribution in [1.82, 2.24) is 19.2 Å². The van der Waals surface area contributed by atoms with Crippen LogP contribution in [0.4, 0.5) is 5.95 Å². The molecule has 10 nitrogen and oxygen atoms in total. The monoisotopic (exact) mass is 433 g/mol. The van der Waals surface area contributed by atoms with Crippen molar-refractivity contribution in [3.05, 3.63) is 48.8 Å². The van der Waals surface area contributed by atoms with Gasteiger partial charge in [-0.2, -0.15) is 4.31 Å². The summed E-state index contributed by atoms with van der Waals surface area (Å²) < 4.78 is 31.6. The van der Waals surface area contributed by atoms with Gasteiger partial charge < -0.3 is 15.0 Å². The van der Waals surface area contributed by atoms with E-state index >= 15 is 0 Å². The maximum absolute atomic E-state index is 12.6. The zero-order chi connectivity index (χ0) is 21.4. The molecule has 2 aromatic rings. The summed E-state index contributed by atoms with van der Waals surface area (Å²) in [5.74, 6) is -0.457. The van der Waals surface area contributed by atoms with Crippen LogP contribution in [-0.2, 0) is 24.3 Å². The minimum atomic E-state index is -3.58. The number of sulfonamides is 1. The quantitative estimate of drug-likeness (QED) is 0.592. The van der Waals surface area contributed by atoms with Crippen molar-refractivity contribution in [1.29, 1.82) is 0 Å². The predicted molar refractivity (Wildman–Crippen MR) is 108 cm³/mol. The van der Waals surface area contributed by atoms with E-state index in [1.54, 1.807) is 48.8 Å². The highest BCUT2D eigenvalue weighted by atomic mass is 32.2. The molecule has 1 aromatic heterocycles. The average molecular weight is 433 g/mol. The molecule has 2 heterocycles. The van der Waals surface area contributed by atoms with Gasteiger partial charge in [0.05, 0.1) is 11.3 Å². The summed E-state index contributed by atoms with van der Waals surface area (Å²) in [6.45, 7) is 0.791. The van der Waals surface area contributed by atoms with Crippen LogP contribution >= 0.6 is 0 Å². The maximum atomic E-state index is 12.6. The molecule has 0 radical (unpaired) electrons. The first-order chi connectivity index (χ1) is 14.5. The Morgan fingerprint density at radius 2 is 1.67 bits per heavy atom. The zero-order valence-electron chi connectivity index (χ0n) is 16.3. The first-order valence-electron chi connectivity index (χ1n) is 9.46. The number of amides is 1. The normalized spacial score (nSPS) is 14.9. The van der Waals surface area contributed by atoms with Crippen molar-refractivity contribution in [2.75, 3.05) is 44.6 Å². The van der Waals surface area contributed by atoms with Crippen molar-refractivity contribution >= 4 is 27.8 Å². The van der Waals surface area contributed by atoms with Gasteiger partial charge in [-0.1, -0.05) is 18.2 Å². The van der Waals surface area contributed by atoms with Gasteiger partial charge in [-0.3, -0.25) is 9.59 Å². The van der Waals surface area contributed by atoms with E-state index in [0.717, 1.165) is 0 Å². The Morgan fingerprint density at radius 3 is 2.33 bits per heavy atom. The molecule has 0 aliphatic carbocycles. The predicted octanol–water partition coefficient (Wildman–Crippen LogP) is 0.355. The SMILES string of the molecule is O=C(CCNc1ncccn1)OCC(=O)N1CCN(S(=O)(=O)c2ccccc2)CC1. The Labute approximate surface area is 174 Å². The molecule has 11 heteroatoms. The highest BCUT2D eigenvalue weighted by Crippen LogP contribution is 2.17. The third-order valence-corrected chi connectivity index (χ3v) is 6.42. The molecule has 1 N–H and O–H groups in total. The molecule has 1 saturated heterocycles. The first-order valence-corrected chi connectivity index (χ1v) is 10.9. The summed E-state index contributed by atoms with van der Waals surface area (Å²) >= 11 is 0. The van der Waals surface area contributed by atoms with Crippen LogP contribution in [0.3, 0.4) is 0 Å². The molecule has 1 amide bonds. The number of nitrogens with zero attached hydrogens (tertiary/aromatic N) is 4. The van der Waals surface area contributed by atoms with Gasteiger partial charge in [0.1, 0.15) is 0 Å². The average Bonchev–Trinajstić information content (AvgIpc) is 2.79. The van der Waals surface area contributed by atoms with Crippen LogP contribution in [0.5, 0.6) is 0 Å². The molecule has 0 saturated carbocycles. The number of rotatable bonds is 8. The number of nitrogens with one attached hydrogen (secondary N) is 1. The number of ether oxygens (including phenoxy) is 1. The highest BCUT2D eigenvalue weighted by molar-refractivity contribution is 7.89. The van der Waals surface area contributed by atoms with Gasteiger partial charge in [0.2, 0.25) is 16.0 Å². The number of aromatic nitrogens is 2. The van der Waals surface area contributed by atoms with Crippen LogP contribution in [0, 0.1) is 0 Å². The van der Waals surface area contributed by atoms with Crippen molar-refractivity contribution < 1.29 is 22.7 Å². The molecule has 1 aliphatic rings. The summed E-state index contributed by atoms with van der Waals surface area (Å²) in [5, 5.41) is 2.88. The Hall–Kier alpha value is -3.05. The number of carbonyl (C=O) groups is 2. The third kappa shape index (κ3) is 5.74. The molecule has 0 atom stereocenters. The van der Waals surface area contributed by atoms with E-state index in [1.807, 2.05) is 0 Å². The molecule has 0 spiro atoms. The standard InChI is InChI=1S/C19H23N5O5S/c25-17(15-29-18(26)7-10-22-19-20-8-4-9-21-19)23-11-13-24(14-12-23)30(27,28)16-5-2-1-3-6-16/h1-6,8-9H,7,10-15H2,(H,20,21,22). The fraction of sp³-hybridized carbons (Fsp3) is 0.368. The molecule has 0 bridgehead atoms. The van der Waals surface area contributed by atoms with Gasteiger partial charge in [-0.25, -0.2) is 18.4 Å². The Kier molecular flexibility index (Phi) is 7.31. The van der Waals surface area contributed by atoms with Gasteiger partial charge in [0.25, 0.3) is 5.91 Å². The number of piperazine rings is 1. The summed E-state index contributed by atoms with van der Waals surface area (Å²) in [7, 11) is -3.58. The molecular formula is C19H23N5O5S. The van der Waals surface area contributed by atoms with Crippen LogP contribution in [0.1, 0.15) is 6.42 Å². The number of hydrogen-bond acceptors (Lipinski definition) is 8. The second kappa shape index (κ2) is 10.1. The van der Waals surface area contributed by atoms with Gasteiger partial charge >= 0.3 is 5.97 Å². The fourth-order valence-corrected chi connectivity index (χ4v) is 4.34. The highest BCUT2D eigenvalue weighted by Gasteiger charge is 2.30. The van der Waals surface area contributed by atoms with Gasteiger partial charge in [0.15, 0.2) is 6.61 Å². The van der Waals surface area contributed by atoms with E-state index in [1.165, 1.54) is 9.21 Å². The molecule has 3 rings (SSSR count). The molecule has 0 unspecified atom stereocenters. The van der Waals surface area contributed by atoms with Crippen LogP contribution in [0.25, 0.3) is 0 Å². The smallest absolute Gasteiger partial charge is 0.308 e. The lowest BCUT2D eigenvalue weighted by atomic mass is 10.3. The second-order valence-corrected chi connectivity index (χ2v) is 8.45. The number of carbonyl (C=O) groups excluding carboxylic acids is 2. The van der Waals surface area contributed by atoms with E-state index in [-0.39, 0.29) is 56.6 Å². The van der Waals surface area contributed by atoms with Crippen LogP contribution in [-0.4, -0.2) is 78.8 Å². The summed E-state index contributed by atoms with van der Waals surface area (Å²) in [6.07, 6.45) is 3.23. The minimum absolute atomic E-state index is 0.0641. The number of benzene rings is 1. The summed E-state index contributed by atoms with van der Waals surface area (Å²) in [6, 6.07) is 9.87. The lowest BCUT2D eigenvalue weighted by molar-refractivity contribution is -0.152. The topological polar surface area (TPSA) is 122 Å². The molecular weight excluding hydrogens is 410 g/mol. The molecule has 1 aromatic carbocycles. The number of esters is 1. The van der Waals surface area contributed by atoms with E-state index in [0.29, 0.717) is 5.95 Å². The van der Waals surface area contributed by atoms with E-state index in [4.69, 9.17) is 4.74 Å². The lowest BCUT2D eigenvalue weighted by Gasteiger charge is -2.33. The van der Waals surface area contributed by atoms with E-state index in [2.05, 4.69) is 15.3 Å². The molecule has 160 valence electrons. The van der Waals surface area contributed by atoms with Crippen molar-refractivity contribution in [2.24, 2.45) is 0 Å². The Morgan fingerprint density at radius 1 is 1.00 bits per heavy atom. The number of hydrogen-bond donors (Lipinski definition) is 1. The minimum Gasteiger partial charge on any atom is -0.456 e. The second-order valence-electron chi connectivity index (χ2n) is 6.51. The van der Waals surface area contributed by atoms with Crippen molar-refractivity contribution in [3.63, 3.8) is 0 Å². The largest absolute Gasteiger partial charge is 0.456 e. The van der Waals surface area contributed by atoms with Gasteiger partial charge in [-0.15, -0.1) is 0 Å². The summed E-state index contributed by atoms with van der Waals surface area (Å²) in [5.41, 5.74) is 0. The molecule has 30 heavy (non-hydrogen) atoms. The summed E-state index contributed by atoms with van der Waals surface area (Å²) in [4.78, 5) is 33.7. The van der Waals surface area contributed by atoms with Crippen LogP contribution < -0.4 is 5.32 Å². The third-order valence-electron chi connectivity index (χ3n) is 4.51. The van der Waals surface area contributed by atoms with E-state index < -0.39 is 16.0 Å².